The highest BCUT2D eigenvalue weighted by Gasteiger charge is 2.68. The zero-order valence-corrected chi connectivity index (χ0v) is 15.6. The van der Waals surface area contributed by atoms with Crippen LogP contribution in [0, 0.1) is 28.6 Å². The van der Waals surface area contributed by atoms with Crippen LogP contribution in [0.1, 0.15) is 58.8 Å². The fourth-order valence-electron chi connectivity index (χ4n) is 6.98. The maximum atomic E-state index is 13.3. The molecule has 0 aromatic rings. The van der Waals surface area contributed by atoms with E-state index in [9.17, 15) is 24.6 Å². The summed E-state index contributed by atoms with van der Waals surface area (Å²) in [6.45, 7) is 3.31. The van der Waals surface area contributed by atoms with Crippen molar-refractivity contribution < 1.29 is 24.6 Å². The zero-order chi connectivity index (χ0) is 18.9. The van der Waals surface area contributed by atoms with Gasteiger partial charge in [-0.15, -0.1) is 0 Å². The molecule has 0 aromatic carbocycles. The smallest absolute Gasteiger partial charge is 0.190 e. The lowest BCUT2D eigenvalue weighted by atomic mass is 9.46. The first kappa shape index (κ1) is 18.1. The summed E-state index contributed by atoms with van der Waals surface area (Å²) in [6, 6.07) is 0. The molecule has 2 N–H and O–H groups in total. The summed E-state index contributed by atoms with van der Waals surface area (Å²) in [4.78, 5) is 37.5. The van der Waals surface area contributed by atoms with Gasteiger partial charge in [0.15, 0.2) is 11.6 Å². The monoisotopic (exact) mass is 360 g/mol. The average Bonchev–Trinajstić information content (AvgIpc) is 2.86. The van der Waals surface area contributed by atoms with Crippen molar-refractivity contribution in [3.05, 3.63) is 11.6 Å². The number of Topliss-reactive ketones (excluding diaryl/α,β-unsaturated/α-hetero) is 2. The molecule has 4 aliphatic carbocycles. The van der Waals surface area contributed by atoms with Gasteiger partial charge in [-0.1, -0.05) is 19.4 Å². The molecule has 3 fully saturated rings. The molecular weight excluding hydrogens is 332 g/mol. The van der Waals surface area contributed by atoms with E-state index in [0.717, 1.165) is 18.4 Å². The molecule has 0 bridgehead atoms. The molecule has 3 saturated carbocycles. The number of carbonyl (C=O) groups excluding carboxylic acids is 3. The van der Waals surface area contributed by atoms with Crippen molar-refractivity contribution in [1.29, 1.82) is 0 Å². The standard InChI is InChI=1S/C21H28O5/c1-19-7-5-13(23)9-12(19)3-4-14-15-6-8-21(26,17(25)11-22)20(15,2)10-16(24)18(14)19/h9,14-15,18,22,26H,3-8,10-11H2,1-2H3/t14-,15?,18?,19?,20-,21-/m0/s1. The third kappa shape index (κ3) is 2.07. The molecule has 0 spiro atoms. The van der Waals surface area contributed by atoms with Gasteiger partial charge in [0.25, 0.3) is 0 Å². The van der Waals surface area contributed by atoms with Crippen LogP contribution in [0.2, 0.25) is 0 Å². The van der Waals surface area contributed by atoms with E-state index in [-0.39, 0.29) is 41.2 Å². The molecule has 4 aliphatic rings. The van der Waals surface area contributed by atoms with Gasteiger partial charge in [0.05, 0.1) is 0 Å². The van der Waals surface area contributed by atoms with Crippen LogP contribution in [0.4, 0.5) is 0 Å². The molecule has 142 valence electrons. The van der Waals surface area contributed by atoms with Crippen LogP contribution in [0.25, 0.3) is 0 Å². The van der Waals surface area contributed by atoms with Gasteiger partial charge in [0.1, 0.15) is 18.0 Å². The number of rotatable bonds is 2. The Hall–Kier alpha value is -1.33. The molecule has 0 amide bonds. The molecule has 5 nitrogen and oxygen atoms in total. The molecule has 6 atom stereocenters. The molecule has 0 heterocycles. The topological polar surface area (TPSA) is 91.7 Å². The van der Waals surface area contributed by atoms with E-state index in [1.165, 1.54) is 0 Å². The van der Waals surface area contributed by atoms with E-state index in [1.807, 2.05) is 6.92 Å². The number of allylic oxidation sites excluding steroid dienone is 1. The molecule has 0 aliphatic heterocycles. The highest BCUT2D eigenvalue weighted by atomic mass is 16.3. The molecule has 0 aromatic heterocycles. The van der Waals surface area contributed by atoms with Crippen molar-refractivity contribution in [3.8, 4) is 0 Å². The van der Waals surface area contributed by atoms with Gasteiger partial charge in [-0.25, -0.2) is 0 Å². The Balaban J connectivity index is 1.75. The van der Waals surface area contributed by atoms with Crippen LogP contribution in [-0.2, 0) is 14.4 Å². The third-order valence-electron chi connectivity index (χ3n) is 8.41. The van der Waals surface area contributed by atoms with Crippen molar-refractivity contribution >= 4 is 17.3 Å². The maximum absolute atomic E-state index is 13.3. The van der Waals surface area contributed by atoms with Crippen molar-refractivity contribution in [2.75, 3.05) is 6.61 Å². The lowest BCUT2D eigenvalue weighted by Gasteiger charge is -2.57. The lowest BCUT2D eigenvalue weighted by Crippen LogP contribution is -2.60. The van der Waals surface area contributed by atoms with Gasteiger partial charge in [-0.05, 0) is 55.4 Å². The quantitative estimate of drug-likeness (QED) is 0.786. The highest BCUT2D eigenvalue weighted by molar-refractivity contribution is 5.94. The molecule has 4 rings (SSSR count). The highest BCUT2D eigenvalue weighted by Crippen LogP contribution is 2.66. The molecule has 0 saturated heterocycles. The average molecular weight is 360 g/mol. The van der Waals surface area contributed by atoms with Gasteiger partial charge in [0, 0.05) is 24.2 Å². The molecule has 3 unspecified atom stereocenters. The Morgan fingerprint density at radius 3 is 2.62 bits per heavy atom. The normalized spacial score (nSPS) is 47.7. The molecule has 5 heteroatoms. The number of hydrogen-bond acceptors (Lipinski definition) is 5. The summed E-state index contributed by atoms with van der Waals surface area (Å²) < 4.78 is 0. The number of aliphatic hydroxyl groups is 2. The van der Waals surface area contributed by atoms with Crippen LogP contribution in [0.5, 0.6) is 0 Å². The summed E-state index contributed by atoms with van der Waals surface area (Å²) in [7, 11) is 0. The van der Waals surface area contributed by atoms with Crippen LogP contribution < -0.4 is 0 Å². The first-order valence-electron chi connectivity index (χ1n) is 9.80. The fourth-order valence-corrected chi connectivity index (χ4v) is 6.98. The van der Waals surface area contributed by atoms with E-state index in [2.05, 4.69) is 6.92 Å². The zero-order valence-electron chi connectivity index (χ0n) is 15.6. The van der Waals surface area contributed by atoms with E-state index >= 15 is 0 Å². The molecule has 26 heavy (non-hydrogen) atoms. The molecular formula is C21H28O5. The summed E-state index contributed by atoms with van der Waals surface area (Å²) in [5.74, 6) is -0.172. The minimum atomic E-state index is -1.60. The van der Waals surface area contributed by atoms with E-state index in [0.29, 0.717) is 25.7 Å². The second kappa shape index (κ2) is 5.59. The van der Waals surface area contributed by atoms with Gasteiger partial charge >= 0.3 is 0 Å². The number of aliphatic hydroxyl groups excluding tert-OH is 1. The summed E-state index contributed by atoms with van der Waals surface area (Å²) in [5.41, 5.74) is -1.55. The first-order chi connectivity index (χ1) is 12.2. The van der Waals surface area contributed by atoms with E-state index < -0.39 is 23.4 Å². The van der Waals surface area contributed by atoms with Crippen molar-refractivity contribution in [1.82, 2.24) is 0 Å². The predicted octanol–water partition coefficient (Wildman–Crippen LogP) is 1.99. The van der Waals surface area contributed by atoms with Crippen molar-refractivity contribution in [2.24, 2.45) is 28.6 Å². The largest absolute Gasteiger partial charge is 0.388 e. The second-order valence-electron chi connectivity index (χ2n) is 9.38. The minimum Gasteiger partial charge on any atom is -0.388 e. The van der Waals surface area contributed by atoms with Gasteiger partial charge in [0.2, 0.25) is 0 Å². The first-order valence-corrected chi connectivity index (χ1v) is 9.80. The molecule has 0 radical (unpaired) electrons. The lowest BCUT2D eigenvalue weighted by molar-refractivity contribution is -0.170. The maximum Gasteiger partial charge on any atom is 0.190 e. The van der Waals surface area contributed by atoms with E-state index in [1.54, 1.807) is 6.08 Å². The summed E-state index contributed by atoms with van der Waals surface area (Å²) >= 11 is 0. The Morgan fingerprint density at radius 2 is 1.92 bits per heavy atom. The number of fused-ring (bicyclic) bond motifs is 5. The van der Waals surface area contributed by atoms with Gasteiger partial charge in [-0.3, -0.25) is 14.4 Å². The van der Waals surface area contributed by atoms with Gasteiger partial charge in [-0.2, -0.15) is 0 Å². The van der Waals surface area contributed by atoms with Crippen LogP contribution in [0.15, 0.2) is 11.6 Å². The summed E-state index contributed by atoms with van der Waals surface area (Å²) in [6.07, 6.45) is 5.83. The Bertz CT molecular complexity index is 724. The third-order valence-corrected chi connectivity index (χ3v) is 8.41. The van der Waals surface area contributed by atoms with Crippen LogP contribution in [0.3, 0.4) is 0 Å². The van der Waals surface area contributed by atoms with Gasteiger partial charge < -0.3 is 10.2 Å². The Kier molecular flexibility index (Phi) is 3.88. The van der Waals surface area contributed by atoms with E-state index in [4.69, 9.17) is 0 Å². The minimum absolute atomic E-state index is 0.0988. The number of carbonyl (C=O) groups is 3. The number of hydrogen-bond donors (Lipinski definition) is 2. The van der Waals surface area contributed by atoms with Crippen molar-refractivity contribution in [2.45, 2.75) is 64.4 Å². The Labute approximate surface area is 153 Å². The fraction of sp³-hybridized carbons (Fsp3) is 0.762. The van der Waals surface area contributed by atoms with Crippen LogP contribution >= 0.6 is 0 Å². The SMILES string of the molecule is CC12CCC(=O)C=C1CC[C@@H]1C2C(=O)C[C@@]2(C)C1CC[C@]2(O)C(=O)CO. The van der Waals surface area contributed by atoms with Crippen LogP contribution in [-0.4, -0.2) is 39.8 Å². The van der Waals surface area contributed by atoms with Crippen molar-refractivity contribution in [3.63, 3.8) is 0 Å². The predicted molar refractivity (Wildman–Crippen MR) is 94.1 cm³/mol. The summed E-state index contributed by atoms with van der Waals surface area (Å²) in [5, 5.41) is 20.5. The second-order valence-corrected chi connectivity index (χ2v) is 9.38. The number of ketones is 3. The Morgan fingerprint density at radius 1 is 1.19 bits per heavy atom.